The summed E-state index contributed by atoms with van der Waals surface area (Å²) in [5, 5.41) is 8.07. The Kier molecular flexibility index (Phi) is 5.39. The summed E-state index contributed by atoms with van der Waals surface area (Å²) >= 11 is 1.46. The van der Waals surface area contributed by atoms with E-state index in [0.29, 0.717) is 24.7 Å². The van der Waals surface area contributed by atoms with Crippen LogP contribution < -0.4 is 10.6 Å². The summed E-state index contributed by atoms with van der Waals surface area (Å²) in [5.41, 5.74) is 2.15. The number of hydrogen-bond donors (Lipinski definition) is 2. The molecule has 0 radical (unpaired) electrons. The highest BCUT2D eigenvalue weighted by Gasteiger charge is 2.30. The van der Waals surface area contributed by atoms with Crippen LogP contribution in [0.3, 0.4) is 0 Å². The number of amides is 2. The van der Waals surface area contributed by atoms with Gasteiger partial charge in [-0.3, -0.25) is 14.6 Å². The van der Waals surface area contributed by atoms with E-state index in [9.17, 15) is 9.59 Å². The second kappa shape index (κ2) is 8.12. The quantitative estimate of drug-likeness (QED) is 0.671. The number of hydrogen-bond acceptors (Lipinski definition) is 7. The first-order chi connectivity index (χ1) is 14.0. The van der Waals surface area contributed by atoms with E-state index in [1.54, 1.807) is 17.3 Å². The molecule has 0 spiro atoms. The highest BCUT2D eigenvalue weighted by molar-refractivity contribution is 7.17. The molecule has 1 aliphatic rings. The van der Waals surface area contributed by atoms with Crippen molar-refractivity contribution in [3.8, 4) is 0 Å². The highest BCUT2D eigenvalue weighted by atomic mass is 32.1. The lowest BCUT2D eigenvalue weighted by Crippen LogP contribution is -2.37. The van der Waals surface area contributed by atoms with Gasteiger partial charge in [0.2, 0.25) is 11.9 Å². The summed E-state index contributed by atoms with van der Waals surface area (Å²) in [6.45, 7) is 4.57. The monoisotopic (exact) mass is 410 g/mol. The van der Waals surface area contributed by atoms with Gasteiger partial charge in [0.15, 0.2) is 5.69 Å². The van der Waals surface area contributed by atoms with E-state index in [4.69, 9.17) is 0 Å². The summed E-state index contributed by atoms with van der Waals surface area (Å²) in [6, 6.07) is 5.68. The number of nitrogens with one attached hydrogen (secondary N) is 2. The van der Waals surface area contributed by atoms with E-state index in [1.165, 1.54) is 18.3 Å². The van der Waals surface area contributed by atoms with Crippen LogP contribution in [0.1, 0.15) is 42.4 Å². The molecule has 1 aliphatic heterocycles. The lowest BCUT2D eigenvalue weighted by Gasteiger charge is -2.18. The minimum absolute atomic E-state index is 0.0136. The van der Waals surface area contributed by atoms with E-state index in [-0.39, 0.29) is 23.9 Å². The first-order valence-corrected chi connectivity index (χ1v) is 10.4. The van der Waals surface area contributed by atoms with Crippen molar-refractivity contribution in [1.82, 2.24) is 25.2 Å². The Morgan fingerprint density at radius 1 is 1.31 bits per heavy atom. The van der Waals surface area contributed by atoms with Crippen LogP contribution in [0.25, 0.3) is 10.2 Å². The van der Waals surface area contributed by atoms with Gasteiger partial charge >= 0.3 is 0 Å². The van der Waals surface area contributed by atoms with Crippen molar-refractivity contribution in [2.45, 2.75) is 32.4 Å². The molecule has 3 aromatic rings. The molecule has 1 unspecified atom stereocenters. The molecular formula is C20H22N6O2S. The predicted octanol–water partition coefficient (Wildman–Crippen LogP) is 2.61. The molecule has 3 aromatic heterocycles. The highest BCUT2D eigenvalue weighted by Crippen LogP contribution is 2.27. The van der Waals surface area contributed by atoms with Crippen LogP contribution in [0.15, 0.2) is 36.0 Å². The molecule has 1 saturated heterocycles. The number of thiophene rings is 1. The predicted molar refractivity (Wildman–Crippen MR) is 112 cm³/mol. The molecular weight excluding hydrogens is 388 g/mol. The fourth-order valence-corrected chi connectivity index (χ4v) is 4.29. The lowest BCUT2D eigenvalue weighted by molar-refractivity contribution is -0.119. The Morgan fingerprint density at radius 3 is 2.93 bits per heavy atom. The average Bonchev–Trinajstić information content (AvgIpc) is 3.36. The Balaban J connectivity index is 1.58. The van der Waals surface area contributed by atoms with Crippen LogP contribution in [0.4, 0.5) is 5.95 Å². The van der Waals surface area contributed by atoms with Crippen LogP contribution >= 0.6 is 11.3 Å². The molecule has 0 saturated carbocycles. The summed E-state index contributed by atoms with van der Waals surface area (Å²) in [4.78, 5) is 39.5. The third-order valence-electron chi connectivity index (χ3n) is 4.92. The van der Waals surface area contributed by atoms with Crippen molar-refractivity contribution in [2.24, 2.45) is 0 Å². The third-order valence-corrected chi connectivity index (χ3v) is 5.83. The van der Waals surface area contributed by atoms with Crippen LogP contribution in [0.5, 0.6) is 0 Å². The van der Waals surface area contributed by atoms with E-state index in [2.05, 4.69) is 25.6 Å². The molecule has 0 bridgehead atoms. The number of likely N-dealkylation sites (tertiary alicyclic amines) is 1. The first kappa shape index (κ1) is 19.3. The molecule has 4 rings (SSSR count). The molecule has 2 N–H and O–H groups in total. The first-order valence-electron chi connectivity index (χ1n) is 9.49. The van der Waals surface area contributed by atoms with Gasteiger partial charge in [0.25, 0.3) is 5.91 Å². The van der Waals surface area contributed by atoms with Crippen LogP contribution in [-0.2, 0) is 4.79 Å². The number of pyridine rings is 1. The van der Waals surface area contributed by atoms with Crippen molar-refractivity contribution in [3.63, 3.8) is 0 Å². The largest absolute Gasteiger partial charge is 0.352 e. The molecule has 2 amide bonds. The maximum atomic E-state index is 13.2. The molecule has 2 atom stereocenters. The zero-order valence-electron chi connectivity index (χ0n) is 16.3. The third kappa shape index (κ3) is 4.19. The molecule has 0 aromatic carbocycles. The Morgan fingerprint density at radius 2 is 2.17 bits per heavy atom. The molecule has 9 heteroatoms. The standard InChI is InChI=1S/C20H22N6O2S/c1-12(14-4-3-7-21-10-14)22-20-24-16-6-9-29-18(16)17(25-20)19(28)26-8-5-15(11-26)23-13(2)27/h3-4,6-7,9-10,12,15H,5,8,11H2,1-2H3,(H,23,27)(H,22,24,25)/t12?,15-/m0/s1. The number of carbonyl (C=O) groups excluding carboxylic acids is 2. The van der Waals surface area contributed by atoms with E-state index >= 15 is 0 Å². The van der Waals surface area contributed by atoms with Gasteiger partial charge in [-0.15, -0.1) is 11.3 Å². The van der Waals surface area contributed by atoms with Gasteiger partial charge < -0.3 is 15.5 Å². The van der Waals surface area contributed by atoms with Gasteiger partial charge in [-0.2, -0.15) is 0 Å². The van der Waals surface area contributed by atoms with Crippen molar-refractivity contribution in [2.75, 3.05) is 18.4 Å². The topological polar surface area (TPSA) is 100 Å². The summed E-state index contributed by atoms with van der Waals surface area (Å²) in [5.74, 6) is 0.195. The van der Waals surface area contributed by atoms with E-state index in [0.717, 1.165) is 22.2 Å². The van der Waals surface area contributed by atoms with Crippen LogP contribution in [-0.4, -0.2) is 50.8 Å². The Labute approximate surface area is 172 Å². The smallest absolute Gasteiger partial charge is 0.274 e. The van der Waals surface area contributed by atoms with Gasteiger partial charge in [0.1, 0.15) is 0 Å². The fraction of sp³-hybridized carbons (Fsp3) is 0.350. The number of rotatable bonds is 5. The normalized spacial score (nSPS) is 17.3. The van der Waals surface area contributed by atoms with Gasteiger partial charge in [-0.1, -0.05) is 6.07 Å². The van der Waals surface area contributed by atoms with E-state index in [1.807, 2.05) is 30.5 Å². The fourth-order valence-electron chi connectivity index (χ4n) is 3.48. The Hall–Kier alpha value is -3.07. The molecule has 0 aliphatic carbocycles. The van der Waals surface area contributed by atoms with Crippen LogP contribution in [0, 0.1) is 0 Å². The van der Waals surface area contributed by atoms with Crippen molar-refractivity contribution < 1.29 is 9.59 Å². The SMILES string of the molecule is CC(=O)N[C@H]1CCN(C(=O)c2nc(NC(C)c3cccnc3)nc3ccsc23)C1. The number of carbonyl (C=O) groups is 2. The number of fused-ring (bicyclic) bond motifs is 1. The van der Waals surface area contributed by atoms with Crippen molar-refractivity contribution >= 4 is 39.3 Å². The lowest BCUT2D eigenvalue weighted by atomic mass is 10.1. The second-order valence-electron chi connectivity index (χ2n) is 7.12. The molecule has 8 nitrogen and oxygen atoms in total. The Bertz CT molecular complexity index is 1040. The number of anilines is 1. The zero-order chi connectivity index (χ0) is 20.4. The second-order valence-corrected chi connectivity index (χ2v) is 8.04. The summed E-state index contributed by atoms with van der Waals surface area (Å²) in [6.07, 6.45) is 4.26. The molecule has 29 heavy (non-hydrogen) atoms. The van der Waals surface area contributed by atoms with Crippen molar-refractivity contribution in [3.05, 3.63) is 47.2 Å². The number of nitrogens with zero attached hydrogens (tertiary/aromatic N) is 4. The average molecular weight is 411 g/mol. The molecule has 1 fully saturated rings. The van der Waals surface area contributed by atoms with E-state index < -0.39 is 0 Å². The van der Waals surface area contributed by atoms with Gasteiger partial charge in [0, 0.05) is 38.4 Å². The maximum absolute atomic E-state index is 13.2. The summed E-state index contributed by atoms with van der Waals surface area (Å²) < 4.78 is 0.776. The molecule has 4 heterocycles. The number of aromatic nitrogens is 3. The van der Waals surface area contributed by atoms with Gasteiger partial charge in [-0.25, -0.2) is 9.97 Å². The van der Waals surface area contributed by atoms with Crippen molar-refractivity contribution in [1.29, 1.82) is 0 Å². The maximum Gasteiger partial charge on any atom is 0.274 e. The minimum atomic E-state index is -0.134. The van der Waals surface area contributed by atoms with Gasteiger partial charge in [-0.05, 0) is 36.4 Å². The molecule has 150 valence electrons. The zero-order valence-corrected chi connectivity index (χ0v) is 17.1. The van der Waals surface area contributed by atoms with Crippen LogP contribution in [0.2, 0.25) is 0 Å². The summed E-state index contributed by atoms with van der Waals surface area (Å²) in [7, 11) is 0. The minimum Gasteiger partial charge on any atom is -0.352 e. The van der Waals surface area contributed by atoms with Gasteiger partial charge in [0.05, 0.1) is 16.3 Å².